The Morgan fingerprint density at radius 3 is 2.00 bits per heavy atom. The first-order valence-corrected chi connectivity index (χ1v) is 9.41. The lowest BCUT2D eigenvalue weighted by Crippen LogP contribution is -2.02. The van der Waals surface area contributed by atoms with Crippen LogP contribution in [0.2, 0.25) is 0 Å². The molecule has 0 atom stereocenters. The van der Waals surface area contributed by atoms with Gasteiger partial charge in [0.05, 0.1) is 6.61 Å². The molecule has 0 aliphatic heterocycles. The summed E-state index contributed by atoms with van der Waals surface area (Å²) >= 11 is 0. The van der Waals surface area contributed by atoms with Gasteiger partial charge in [0.1, 0.15) is 0 Å². The van der Waals surface area contributed by atoms with Gasteiger partial charge in [0, 0.05) is 6.08 Å². The van der Waals surface area contributed by atoms with Crippen molar-refractivity contribution in [2.24, 2.45) is 0 Å². The molecule has 28 heavy (non-hydrogen) atoms. The predicted octanol–water partition coefficient (Wildman–Crippen LogP) is 6.33. The van der Waals surface area contributed by atoms with Crippen molar-refractivity contribution in [2.45, 2.75) is 12.8 Å². The van der Waals surface area contributed by atoms with E-state index in [0.717, 1.165) is 18.4 Å². The second-order valence-corrected chi connectivity index (χ2v) is 6.58. The lowest BCUT2D eigenvalue weighted by Gasteiger charge is -2.08. The summed E-state index contributed by atoms with van der Waals surface area (Å²) in [6.07, 6.45) is 4.72. The molecule has 2 heteroatoms. The molecule has 0 spiro atoms. The number of carbonyl (C=O) groups excluding carboxylic acids is 1. The van der Waals surface area contributed by atoms with E-state index in [1.807, 2.05) is 6.08 Å². The van der Waals surface area contributed by atoms with Gasteiger partial charge in [-0.1, -0.05) is 86.0 Å². The fourth-order valence-electron chi connectivity index (χ4n) is 3.06. The lowest BCUT2D eigenvalue weighted by molar-refractivity contribution is -0.137. The molecule has 140 valence electrons. The van der Waals surface area contributed by atoms with Gasteiger partial charge in [0.25, 0.3) is 0 Å². The maximum absolute atomic E-state index is 11.0. The minimum atomic E-state index is -0.366. The van der Waals surface area contributed by atoms with Gasteiger partial charge >= 0.3 is 5.97 Å². The molecule has 2 nitrogen and oxygen atoms in total. The molecule has 0 aliphatic rings. The second kappa shape index (κ2) is 9.52. The molecule has 3 aromatic rings. The Kier molecular flexibility index (Phi) is 6.59. The third-order valence-electron chi connectivity index (χ3n) is 4.65. The molecule has 0 fully saturated rings. The minimum Gasteiger partial charge on any atom is -0.463 e. The highest BCUT2D eigenvalue weighted by molar-refractivity contribution is 5.81. The van der Waals surface area contributed by atoms with Gasteiger partial charge in [0.15, 0.2) is 0 Å². The fourth-order valence-corrected chi connectivity index (χ4v) is 3.06. The molecule has 0 radical (unpaired) electrons. The fraction of sp³-hybridized carbons (Fsp3) is 0.115. The van der Waals surface area contributed by atoms with Gasteiger partial charge in [-0.15, -0.1) is 0 Å². The summed E-state index contributed by atoms with van der Waals surface area (Å²) in [5.41, 5.74) is 7.12. The van der Waals surface area contributed by atoms with Crippen LogP contribution in [-0.2, 0) is 16.0 Å². The van der Waals surface area contributed by atoms with Crippen molar-refractivity contribution in [1.29, 1.82) is 0 Å². The molecule has 3 rings (SSSR count). The van der Waals surface area contributed by atoms with Crippen LogP contribution in [0.1, 0.15) is 17.5 Å². The first kappa shape index (κ1) is 19.4. The lowest BCUT2D eigenvalue weighted by atomic mass is 9.97. The van der Waals surface area contributed by atoms with Crippen molar-refractivity contribution in [1.82, 2.24) is 0 Å². The maximum Gasteiger partial charge on any atom is 0.330 e. The third-order valence-corrected chi connectivity index (χ3v) is 4.65. The van der Waals surface area contributed by atoms with Crippen LogP contribution in [0.4, 0.5) is 0 Å². The summed E-state index contributed by atoms with van der Waals surface area (Å²) < 4.78 is 5.01. The van der Waals surface area contributed by atoms with Gasteiger partial charge < -0.3 is 4.74 Å². The zero-order valence-electron chi connectivity index (χ0n) is 15.9. The molecule has 0 heterocycles. The molecule has 0 saturated carbocycles. The molecule has 0 aromatic heterocycles. The zero-order valence-corrected chi connectivity index (χ0v) is 15.9. The summed E-state index contributed by atoms with van der Waals surface area (Å²) in [6, 6.07) is 25.5. The van der Waals surface area contributed by atoms with Crippen LogP contribution in [0.5, 0.6) is 0 Å². The largest absolute Gasteiger partial charge is 0.463 e. The van der Waals surface area contributed by atoms with Crippen LogP contribution in [0.25, 0.3) is 28.3 Å². The average molecular weight is 368 g/mol. The number of aryl methyl sites for hydroxylation is 1. The minimum absolute atomic E-state index is 0.366. The highest BCUT2D eigenvalue weighted by atomic mass is 16.5. The van der Waals surface area contributed by atoms with E-state index in [1.165, 1.54) is 33.9 Å². The number of hydrogen-bond donors (Lipinski definition) is 0. The van der Waals surface area contributed by atoms with Gasteiger partial charge in [0.2, 0.25) is 0 Å². The van der Waals surface area contributed by atoms with Crippen molar-refractivity contribution >= 4 is 12.0 Å². The number of esters is 1. The van der Waals surface area contributed by atoms with E-state index in [2.05, 4.69) is 86.0 Å². The normalized spacial score (nSPS) is 10.3. The van der Waals surface area contributed by atoms with Gasteiger partial charge in [-0.05, 0) is 52.3 Å². The van der Waals surface area contributed by atoms with Crippen molar-refractivity contribution in [3.63, 3.8) is 0 Å². The van der Waals surface area contributed by atoms with Gasteiger partial charge in [-0.25, -0.2) is 4.79 Å². The quantitative estimate of drug-likeness (QED) is 0.264. The SMILES string of the molecule is C=CC(=O)OCCCc1ccc(-c2cccc(-c3ccc(C=C)cc3)c2)cc1. The second-order valence-electron chi connectivity index (χ2n) is 6.58. The standard InChI is InChI=1S/C26H24O2/c1-3-20-10-14-22(15-11-20)24-8-5-9-25(19-24)23-16-12-21(13-17-23)7-6-18-28-26(27)4-2/h3-5,8-17,19H,1-2,6-7,18H2. The van der Waals surface area contributed by atoms with Crippen molar-refractivity contribution in [3.8, 4) is 22.3 Å². The van der Waals surface area contributed by atoms with Crippen LogP contribution in [0, 0.1) is 0 Å². The molecule has 0 N–H and O–H groups in total. The summed E-state index contributed by atoms with van der Waals surface area (Å²) in [6.45, 7) is 7.61. The van der Waals surface area contributed by atoms with Crippen LogP contribution in [-0.4, -0.2) is 12.6 Å². The molecular weight excluding hydrogens is 344 g/mol. The number of benzene rings is 3. The molecule has 0 saturated heterocycles. The van der Waals surface area contributed by atoms with E-state index in [4.69, 9.17) is 4.74 Å². The number of hydrogen-bond acceptors (Lipinski definition) is 2. The van der Waals surface area contributed by atoms with Crippen molar-refractivity contribution < 1.29 is 9.53 Å². The third kappa shape index (κ3) is 5.08. The monoisotopic (exact) mass is 368 g/mol. The topological polar surface area (TPSA) is 26.3 Å². The van der Waals surface area contributed by atoms with Crippen molar-refractivity contribution in [2.75, 3.05) is 6.61 Å². The number of rotatable bonds is 8. The Morgan fingerprint density at radius 2 is 1.43 bits per heavy atom. The average Bonchev–Trinajstić information content (AvgIpc) is 2.77. The van der Waals surface area contributed by atoms with Crippen LogP contribution in [0.15, 0.2) is 92.0 Å². The Labute approximate surface area is 166 Å². The Balaban J connectivity index is 1.67. The molecule has 0 unspecified atom stereocenters. The van der Waals surface area contributed by atoms with Crippen LogP contribution >= 0.6 is 0 Å². The summed E-state index contributed by atoms with van der Waals surface area (Å²) in [4.78, 5) is 11.0. The zero-order chi connectivity index (χ0) is 19.8. The van der Waals surface area contributed by atoms with E-state index in [-0.39, 0.29) is 5.97 Å². The van der Waals surface area contributed by atoms with Gasteiger partial charge in [-0.2, -0.15) is 0 Å². The first-order chi connectivity index (χ1) is 13.7. The molecular formula is C26H24O2. The Hall–Kier alpha value is -3.39. The van der Waals surface area contributed by atoms with E-state index >= 15 is 0 Å². The first-order valence-electron chi connectivity index (χ1n) is 9.41. The molecule has 0 amide bonds. The Morgan fingerprint density at radius 1 is 0.821 bits per heavy atom. The van der Waals surface area contributed by atoms with Crippen LogP contribution < -0.4 is 0 Å². The summed E-state index contributed by atoms with van der Waals surface area (Å²) in [5, 5.41) is 0. The summed E-state index contributed by atoms with van der Waals surface area (Å²) in [7, 11) is 0. The molecule has 0 bridgehead atoms. The maximum atomic E-state index is 11.0. The van der Waals surface area contributed by atoms with Crippen LogP contribution in [0.3, 0.4) is 0 Å². The van der Waals surface area contributed by atoms with E-state index in [0.29, 0.717) is 6.61 Å². The van der Waals surface area contributed by atoms with E-state index in [9.17, 15) is 4.79 Å². The predicted molar refractivity (Wildman–Crippen MR) is 117 cm³/mol. The Bertz CT molecular complexity index is 950. The van der Waals surface area contributed by atoms with Gasteiger partial charge in [-0.3, -0.25) is 0 Å². The number of carbonyl (C=O) groups is 1. The number of ether oxygens (including phenoxy) is 1. The molecule has 0 aliphatic carbocycles. The smallest absolute Gasteiger partial charge is 0.330 e. The molecule has 3 aromatic carbocycles. The summed E-state index contributed by atoms with van der Waals surface area (Å²) in [5.74, 6) is -0.366. The highest BCUT2D eigenvalue weighted by Crippen LogP contribution is 2.27. The highest BCUT2D eigenvalue weighted by Gasteiger charge is 2.03. The van der Waals surface area contributed by atoms with E-state index in [1.54, 1.807) is 0 Å². The van der Waals surface area contributed by atoms with E-state index < -0.39 is 0 Å². The van der Waals surface area contributed by atoms with Crippen molar-refractivity contribution in [3.05, 3.63) is 103 Å².